The Labute approximate surface area is 182 Å². The Morgan fingerprint density at radius 3 is 1.56 bits per heavy atom. The highest BCUT2D eigenvalue weighted by Crippen LogP contribution is 2.52. The van der Waals surface area contributed by atoms with Gasteiger partial charge in [-0.05, 0) is 11.6 Å². The number of rotatable bonds is 4. The molecule has 2 aromatic carbocycles. The van der Waals surface area contributed by atoms with E-state index in [4.69, 9.17) is 4.74 Å². The molecule has 0 aromatic heterocycles. The zero-order valence-corrected chi connectivity index (χ0v) is 16.0. The Hall–Kier alpha value is -4.30. The van der Waals surface area contributed by atoms with Crippen LogP contribution < -0.4 is 4.74 Å². The molecule has 1 aliphatic rings. The predicted molar refractivity (Wildman–Crippen MR) is 93.6 cm³/mol. The predicted octanol–water partition coefficient (Wildman–Crippen LogP) is 4.21. The fraction of sp³-hybridized carbons (Fsp3) is 0.158. The monoisotopic (exact) mass is 494 g/mol. The van der Waals surface area contributed by atoms with Gasteiger partial charge in [-0.2, -0.15) is 26.3 Å². The van der Waals surface area contributed by atoms with Crippen molar-refractivity contribution in [2.45, 2.75) is 18.8 Å². The number of ether oxygens (including phenoxy) is 1. The van der Waals surface area contributed by atoms with Gasteiger partial charge in [0.05, 0.1) is 22.3 Å². The van der Waals surface area contributed by atoms with E-state index in [9.17, 15) is 65.9 Å². The third kappa shape index (κ3) is 3.74. The summed E-state index contributed by atoms with van der Waals surface area (Å²) in [5, 5.41) is 37.8. The number of hydrogen-bond acceptors (Lipinski definition) is 5. The van der Waals surface area contributed by atoms with E-state index in [0.29, 0.717) is 6.07 Å². The van der Waals surface area contributed by atoms with Gasteiger partial charge in [0.2, 0.25) is 0 Å². The van der Waals surface area contributed by atoms with Crippen molar-refractivity contribution in [2.75, 3.05) is 0 Å². The average Bonchev–Trinajstić information content (AvgIpc) is 2.67. The number of halogens is 6. The van der Waals surface area contributed by atoms with Gasteiger partial charge in [0, 0.05) is 12.0 Å². The van der Waals surface area contributed by atoms with E-state index in [-0.39, 0.29) is 6.07 Å². The van der Waals surface area contributed by atoms with Crippen LogP contribution >= 0.6 is 0 Å². The zero-order valence-electron chi connectivity index (χ0n) is 16.0. The molecule has 0 bridgehead atoms. The largest absolute Gasteiger partial charge is 0.478 e. The standard InChI is InChI=1S/C19H8F6O9/c20-18(21,22)6-2-1-4-3-5-7(14(26)27)8(15(28)29)9(16(30)31)10(17(32)33)13(5)34-12(4)11(6)19(23,24)25/h1-2H,3H2,(H,26,27)(H,28,29)(H,30,31)(H,32,33). The molecule has 34 heavy (non-hydrogen) atoms. The van der Waals surface area contributed by atoms with Crippen LogP contribution in [0.5, 0.6) is 11.5 Å². The van der Waals surface area contributed by atoms with Crippen LogP contribution in [-0.4, -0.2) is 44.3 Å². The van der Waals surface area contributed by atoms with Crippen LogP contribution in [0.2, 0.25) is 0 Å². The summed E-state index contributed by atoms with van der Waals surface area (Å²) >= 11 is 0. The first-order valence-corrected chi connectivity index (χ1v) is 8.62. The molecule has 3 rings (SSSR count). The molecular formula is C19H8F6O9. The minimum absolute atomic E-state index is 0.0539. The first-order valence-electron chi connectivity index (χ1n) is 8.62. The van der Waals surface area contributed by atoms with Crippen LogP contribution in [0.3, 0.4) is 0 Å². The van der Waals surface area contributed by atoms with Crippen molar-refractivity contribution >= 4 is 23.9 Å². The lowest BCUT2D eigenvalue weighted by Gasteiger charge is -2.29. The lowest BCUT2D eigenvalue weighted by molar-refractivity contribution is -0.162. The third-order valence-corrected chi connectivity index (χ3v) is 4.81. The summed E-state index contributed by atoms with van der Waals surface area (Å²) < 4.78 is 85.5. The van der Waals surface area contributed by atoms with Gasteiger partial charge in [0.1, 0.15) is 22.6 Å². The molecule has 0 unspecified atom stereocenters. The highest BCUT2D eigenvalue weighted by atomic mass is 19.4. The Kier molecular flexibility index (Phi) is 5.47. The van der Waals surface area contributed by atoms with Gasteiger partial charge in [-0.25, -0.2) is 19.2 Å². The molecule has 0 spiro atoms. The lowest BCUT2D eigenvalue weighted by atomic mass is 9.84. The number of fused-ring (bicyclic) bond motifs is 2. The SMILES string of the molecule is O=C(O)c1c2c(c(C(=O)O)c(C(=O)O)c1C(=O)O)Oc1c(ccc(C(F)(F)F)c1C(F)(F)F)C2. The number of alkyl halides is 6. The maximum Gasteiger partial charge on any atom is 0.420 e. The van der Waals surface area contributed by atoms with E-state index in [0.717, 1.165) is 0 Å². The minimum atomic E-state index is -5.69. The van der Waals surface area contributed by atoms with E-state index in [1.807, 2.05) is 0 Å². The number of carboxylic acid groups (broad SMARTS) is 4. The Morgan fingerprint density at radius 2 is 1.15 bits per heavy atom. The van der Waals surface area contributed by atoms with Crippen LogP contribution in [0.4, 0.5) is 26.3 Å². The van der Waals surface area contributed by atoms with Gasteiger partial charge in [0.25, 0.3) is 0 Å². The normalized spacial score (nSPS) is 12.9. The van der Waals surface area contributed by atoms with E-state index >= 15 is 0 Å². The van der Waals surface area contributed by atoms with Crippen LogP contribution in [0.15, 0.2) is 12.1 Å². The smallest absolute Gasteiger partial charge is 0.420 e. The first kappa shape index (κ1) is 24.3. The van der Waals surface area contributed by atoms with Gasteiger partial charge in [-0.15, -0.1) is 0 Å². The second-order valence-electron chi connectivity index (χ2n) is 6.78. The molecule has 0 saturated heterocycles. The summed E-state index contributed by atoms with van der Waals surface area (Å²) in [5.74, 6) is -11.7. The van der Waals surface area contributed by atoms with Gasteiger partial charge >= 0.3 is 36.2 Å². The molecule has 0 aliphatic carbocycles. The molecule has 9 nitrogen and oxygen atoms in total. The van der Waals surface area contributed by atoms with Crippen LogP contribution in [-0.2, 0) is 18.8 Å². The van der Waals surface area contributed by atoms with E-state index < -0.39 is 98.7 Å². The maximum atomic E-state index is 13.6. The highest BCUT2D eigenvalue weighted by Gasteiger charge is 2.48. The maximum absolute atomic E-state index is 13.6. The van der Waals surface area contributed by atoms with Crippen LogP contribution in [0, 0.1) is 0 Å². The Balaban J connectivity index is 2.53. The minimum Gasteiger partial charge on any atom is -0.478 e. The topological polar surface area (TPSA) is 158 Å². The Bertz CT molecular complexity index is 1290. The molecule has 0 radical (unpaired) electrons. The fourth-order valence-corrected chi connectivity index (χ4v) is 3.62. The van der Waals surface area contributed by atoms with Crippen molar-refractivity contribution in [2.24, 2.45) is 0 Å². The van der Waals surface area contributed by atoms with Crippen LogP contribution in [0.1, 0.15) is 63.7 Å². The molecular weight excluding hydrogens is 486 g/mol. The van der Waals surface area contributed by atoms with Crippen molar-refractivity contribution in [1.29, 1.82) is 0 Å². The first-order chi connectivity index (χ1) is 15.5. The average molecular weight is 494 g/mol. The summed E-state index contributed by atoms with van der Waals surface area (Å²) in [6, 6.07) is 0.576. The number of carbonyl (C=O) groups is 4. The number of hydrogen-bond donors (Lipinski definition) is 4. The van der Waals surface area contributed by atoms with Gasteiger partial charge in [-0.3, -0.25) is 0 Å². The van der Waals surface area contributed by atoms with Crippen LogP contribution in [0.25, 0.3) is 0 Å². The van der Waals surface area contributed by atoms with Crippen molar-refractivity contribution in [1.82, 2.24) is 0 Å². The second-order valence-corrected chi connectivity index (χ2v) is 6.78. The number of aromatic carboxylic acids is 4. The van der Waals surface area contributed by atoms with Crippen molar-refractivity contribution in [3.05, 3.63) is 56.6 Å². The van der Waals surface area contributed by atoms with E-state index in [1.54, 1.807) is 0 Å². The quantitative estimate of drug-likeness (QED) is 0.390. The molecule has 2 aromatic rings. The third-order valence-electron chi connectivity index (χ3n) is 4.81. The Morgan fingerprint density at radius 1 is 0.676 bits per heavy atom. The molecule has 0 atom stereocenters. The second kappa shape index (κ2) is 7.64. The molecule has 180 valence electrons. The van der Waals surface area contributed by atoms with E-state index in [2.05, 4.69) is 0 Å². The molecule has 1 heterocycles. The molecule has 0 amide bonds. The summed E-state index contributed by atoms with van der Waals surface area (Å²) in [6.07, 6.45) is -12.2. The molecule has 0 fully saturated rings. The lowest BCUT2D eigenvalue weighted by Crippen LogP contribution is -2.26. The van der Waals surface area contributed by atoms with Gasteiger partial charge in [-0.1, -0.05) is 6.07 Å². The van der Waals surface area contributed by atoms with Gasteiger partial charge < -0.3 is 25.2 Å². The van der Waals surface area contributed by atoms with Gasteiger partial charge in [0.15, 0.2) is 0 Å². The van der Waals surface area contributed by atoms with Crippen molar-refractivity contribution in [3.8, 4) is 11.5 Å². The van der Waals surface area contributed by atoms with Crippen molar-refractivity contribution in [3.63, 3.8) is 0 Å². The molecule has 1 aliphatic heterocycles. The number of carboxylic acids is 4. The fourth-order valence-electron chi connectivity index (χ4n) is 3.62. The summed E-state index contributed by atoms with van der Waals surface area (Å²) in [6.45, 7) is 0. The highest BCUT2D eigenvalue weighted by molar-refractivity contribution is 6.16. The molecule has 15 heteroatoms. The van der Waals surface area contributed by atoms with E-state index in [1.165, 1.54) is 0 Å². The number of benzene rings is 2. The molecule has 4 N–H and O–H groups in total. The van der Waals surface area contributed by atoms with Crippen molar-refractivity contribution < 1.29 is 70.7 Å². The molecule has 0 saturated carbocycles. The summed E-state index contributed by atoms with van der Waals surface area (Å²) in [7, 11) is 0. The summed E-state index contributed by atoms with van der Waals surface area (Å²) in [5.41, 5.74) is -12.0. The zero-order chi connectivity index (χ0) is 25.9. The summed E-state index contributed by atoms with van der Waals surface area (Å²) in [4.78, 5) is 46.9.